The Kier molecular flexibility index (Phi) is 7.20. The van der Waals surface area contributed by atoms with Gasteiger partial charge in [-0.2, -0.15) is 8.42 Å². The molecule has 1 radical (unpaired) electrons. The van der Waals surface area contributed by atoms with Gasteiger partial charge in [-0.25, -0.2) is 9.59 Å². The van der Waals surface area contributed by atoms with Crippen LogP contribution in [0, 0.1) is 0 Å². The van der Waals surface area contributed by atoms with Crippen LogP contribution in [0.4, 0.5) is 0 Å². The van der Waals surface area contributed by atoms with Gasteiger partial charge >= 0.3 is 0 Å². The van der Waals surface area contributed by atoms with E-state index < -0.39 is 38.0 Å². The van der Waals surface area contributed by atoms with Gasteiger partial charge in [0.15, 0.2) is 0 Å². The Hall–Kier alpha value is -1.77. The maximum atomic E-state index is 11.4. The Morgan fingerprint density at radius 1 is 1.00 bits per heavy atom. The molecular formula is C10H4N2NaO7S. The number of aliphatic imine (C=N–C) groups is 2. The molecule has 0 fully saturated rings. The van der Waals surface area contributed by atoms with Crippen molar-refractivity contribution in [1.82, 2.24) is 0 Å². The number of nitrogens with zero attached hydrogens (tertiary/aromatic N) is 2. The first kappa shape index (κ1) is 19.2. The fraction of sp³-hybridized carbons (Fsp3) is 0. The monoisotopic (exact) mass is 319 g/mol. The van der Waals surface area contributed by atoms with E-state index in [2.05, 4.69) is 9.98 Å². The standard InChI is InChI=1S/C10H4N2O7S.Na/c13-4-11-9(15)6-2-1-3-7(10(16)12-5-14)8(6)20(17,18)19;/h1-3H,(H,17,18,19);. The normalized spacial score (nSPS) is 9.57. The molecule has 0 unspecified atom stereocenters. The average molecular weight is 319 g/mol. The van der Waals surface area contributed by atoms with Crippen LogP contribution in [0.5, 0.6) is 0 Å². The average Bonchev–Trinajstić information content (AvgIpc) is 2.37. The summed E-state index contributed by atoms with van der Waals surface area (Å²) in [6.07, 6.45) is 1.79. The van der Waals surface area contributed by atoms with E-state index in [1.54, 1.807) is 0 Å². The molecule has 1 rings (SSSR count). The van der Waals surface area contributed by atoms with E-state index >= 15 is 0 Å². The molecule has 11 heteroatoms. The summed E-state index contributed by atoms with van der Waals surface area (Å²) < 4.78 is 31.6. The molecule has 0 saturated heterocycles. The second kappa shape index (κ2) is 7.87. The minimum absolute atomic E-state index is 0. The summed E-state index contributed by atoms with van der Waals surface area (Å²) in [5.41, 5.74) is -1.47. The molecule has 0 aliphatic rings. The van der Waals surface area contributed by atoms with Crippen molar-refractivity contribution in [3.05, 3.63) is 29.3 Å². The van der Waals surface area contributed by atoms with Gasteiger partial charge in [0.25, 0.3) is 21.9 Å². The van der Waals surface area contributed by atoms with E-state index in [1.165, 1.54) is 0 Å². The molecule has 0 atom stereocenters. The molecule has 0 saturated carbocycles. The van der Waals surface area contributed by atoms with E-state index in [-0.39, 0.29) is 29.6 Å². The largest absolute Gasteiger partial charge is 0.296 e. The van der Waals surface area contributed by atoms with Crippen molar-refractivity contribution in [2.75, 3.05) is 0 Å². The minimum Gasteiger partial charge on any atom is -0.282 e. The molecule has 1 aromatic rings. The third-order valence-electron chi connectivity index (χ3n) is 2.03. The third-order valence-corrected chi connectivity index (χ3v) is 2.98. The summed E-state index contributed by atoms with van der Waals surface area (Å²) in [6.45, 7) is 0. The van der Waals surface area contributed by atoms with E-state index in [1.807, 2.05) is 0 Å². The molecule has 9 nitrogen and oxygen atoms in total. The van der Waals surface area contributed by atoms with Crippen LogP contribution in [-0.4, -0.2) is 66.5 Å². The minimum atomic E-state index is -5.01. The zero-order valence-electron chi connectivity index (χ0n) is 10.4. The van der Waals surface area contributed by atoms with Gasteiger partial charge in [0.1, 0.15) is 4.90 Å². The van der Waals surface area contributed by atoms with Crippen molar-refractivity contribution >= 4 is 63.6 Å². The molecule has 0 aliphatic heterocycles. The molecule has 21 heavy (non-hydrogen) atoms. The summed E-state index contributed by atoms with van der Waals surface area (Å²) in [5, 5.41) is 0. The number of rotatable bonds is 3. The molecule has 0 bridgehead atoms. The quantitative estimate of drug-likeness (QED) is 0.342. The van der Waals surface area contributed by atoms with Gasteiger partial charge in [-0.05, 0) is 12.1 Å². The Labute approximate surface area is 139 Å². The topological polar surface area (TPSA) is 147 Å². The second-order valence-corrected chi connectivity index (χ2v) is 4.53. The first-order valence-electron chi connectivity index (χ1n) is 4.67. The van der Waals surface area contributed by atoms with Gasteiger partial charge in [-0.1, -0.05) is 6.07 Å². The van der Waals surface area contributed by atoms with Crippen LogP contribution in [0.3, 0.4) is 0 Å². The molecule has 0 aromatic heterocycles. The fourth-order valence-electron chi connectivity index (χ4n) is 1.36. The number of carbonyl (C=O) groups is 2. The first-order valence-corrected chi connectivity index (χ1v) is 6.12. The SMILES string of the molecule is O=C=NC(=O)c1cccc(C(=O)N=C=O)c1S(=O)(=O)O.[Na]. The Morgan fingerprint density at radius 2 is 1.38 bits per heavy atom. The summed E-state index contributed by atoms with van der Waals surface area (Å²) in [6, 6.07) is 2.90. The van der Waals surface area contributed by atoms with Gasteiger partial charge in [-0.3, -0.25) is 14.1 Å². The van der Waals surface area contributed by atoms with Crippen molar-refractivity contribution < 1.29 is 32.1 Å². The Morgan fingerprint density at radius 3 is 1.67 bits per heavy atom. The van der Waals surface area contributed by atoms with Crippen molar-refractivity contribution in [3.63, 3.8) is 0 Å². The Bertz CT molecular complexity index is 741. The smallest absolute Gasteiger partial charge is 0.282 e. The van der Waals surface area contributed by atoms with Crippen LogP contribution in [0.25, 0.3) is 0 Å². The molecule has 1 N–H and O–H groups in total. The molecule has 1 aromatic carbocycles. The number of benzene rings is 1. The summed E-state index contributed by atoms with van der Waals surface area (Å²) in [4.78, 5) is 47.1. The van der Waals surface area contributed by atoms with E-state index in [4.69, 9.17) is 4.55 Å². The third kappa shape index (κ3) is 4.62. The molecule has 2 amide bonds. The second-order valence-electron chi connectivity index (χ2n) is 3.17. The van der Waals surface area contributed by atoms with E-state index in [9.17, 15) is 27.6 Å². The zero-order chi connectivity index (χ0) is 15.3. The maximum Gasteiger partial charge on any atom is 0.296 e. The zero-order valence-corrected chi connectivity index (χ0v) is 13.2. The van der Waals surface area contributed by atoms with Crippen LogP contribution < -0.4 is 0 Å². The number of isocyanates is 2. The predicted octanol–water partition coefficient (Wildman–Crippen LogP) is -0.496. The predicted molar refractivity (Wildman–Crippen MR) is 66.9 cm³/mol. The van der Waals surface area contributed by atoms with Crippen LogP contribution in [-0.2, 0) is 19.7 Å². The van der Waals surface area contributed by atoms with Crippen molar-refractivity contribution in [2.24, 2.45) is 9.98 Å². The van der Waals surface area contributed by atoms with Gasteiger partial charge in [0, 0.05) is 29.6 Å². The summed E-state index contributed by atoms with van der Waals surface area (Å²) in [5.74, 6) is -2.67. The van der Waals surface area contributed by atoms with Gasteiger partial charge in [0.05, 0.1) is 11.1 Å². The molecule has 0 heterocycles. The number of hydrogen-bond acceptors (Lipinski definition) is 6. The molecule has 103 valence electrons. The van der Waals surface area contributed by atoms with Crippen LogP contribution in [0.1, 0.15) is 20.7 Å². The summed E-state index contributed by atoms with van der Waals surface area (Å²) in [7, 11) is -5.01. The van der Waals surface area contributed by atoms with Gasteiger partial charge in [-0.15, -0.1) is 9.98 Å². The van der Waals surface area contributed by atoms with Gasteiger partial charge < -0.3 is 0 Å². The number of amides is 2. The number of hydrogen-bond donors (Lipinski definition) is 1. The first-order chi connectivity index (χ1) is 9.32. The van der Waals surface area contributed by atoms with E-state index in [0.29, 0.717) is 0 Å². The van der Waals surface area contributed by atoms with E-state index in [0.717, 1.165) is 30.4 Å². The molecule has 0 spiro atoms. The summed E-state index contributed by atoms with van der Waals surface area (Å²) >= 11 is 0. The Balaban J connectivity index is 0.00000400. The molecular weight excluding hydrogens is 315 g/mol. The van der Waals surface area contributed by atoms with Crippen molar-refractivity contribution in [3.8, 4) is 0 Å². The van der Waals surface area contributed by atoms with Crippen LogP contribution in [0.15, 0.2) is 33.1 Å². The maximum absolute atomic E-state index is 11.4. The number of carbonyl (C=O) groups excluding carboxylic acids is 4. The van der Waals surface area contributed by atoms with Crippen molar-refractivity contribution in [1.29, 1.82) is 0 Å². The molecule has 0 aliphatic carbocycles. The van der Waals surface area contributed by atoms with Crippen LogP contribution in [0.2, 0.25) is 0 Å². The van der Waals surface area contributed by atoms with Gasteiger partial charge in [0.2, 0.25) is 12.2 Å². The fourth-order valence-corrected chi connectivity index (χ4v) is 2.22. The van der Waals surface area contributed by atoms with Crippen molar-refractivity contribution in [2.45, 2.75) is 4.90 Å². The van der Waals surface area contributed by atoms with Crippen LogP contribution >= 0.6 is 0 Å².